The van der Waals surface area contributed by atoms with E-state index >= 15 is 0 Å². The Balaban J connectivity index is 2.18. The summed E-state index contributed by atoms with van der Waals surface area (Å²) < 4.78 is 1.55. The van der Waals surface area contributed by atoms with Crippen LogP contribution in [-0.4, -0.2) is 19.5 Å². The second-order valence-electron chi connectivity index (χ2n) is 4.27. The number of benzene rings is 1. The standard InChI is InChI=1S/C14H11ClN4O/c15-7-13-18-12-4-2-1-3-11(12)14(20)19(13)8-10-5-6-16-9-17-10/h1-6,9H,7-8H2. The van der Waals surface area contributed by atoms with Crippen LogP contribution >= 0.6 is 11.6 Å². The highest BCUT2D eigenvalue weighted by atomic mass is 35.5. The van der Waals surface area contributed by atoms with Crippen molar-refractivity contribution in [3.63, 3.8) is 0 Å². The molecule has 0 atom stereocenters. The fraction of sp³-hybridized carbons (Fsp3) is 0.143. The first kappa shape index (κ1) is 12.7. The van der Waals surface area contributed by atoms with Gasteiger partial charge in [-0.15, -0.1) is 11.6 Å². The molecule has 5 nitrogen and oxygen atoms in total. The third-order valence-corrected chi connectivity index (χ3v) is 3.26. The van der Waals surface area contributed by atoms with Gasteiger partial charge in [0.25, 0.3) is 5.56 Å². The number of hydrogen-bond acceptors (Lipinski definition) is 4. The molecular weight excluding hydrogens is 276 g/mol. The summed E-state index contributed by atoms with van der Waals surface area (Å²) in [4.78, 5) is 25.0. The first-order chi connectivity index (χ1) is 9.79. The quantitative estimate of drug-likeness (QED) is 0.691. The summed E-state index contributed by atoms with van der Waals surface area (Å²) in [5.74, 6) is 0.708. The van der Waals surface area contributed by atoms with Crippen molar-refractivity contribution >= 4 is 22.5 Å². The number of fused-ring (bicyclic) bond motifs is 1. The molecule has 0 radical (unpaired) electrons. The van der Waals surface area contributed by atoms with E-state index in [4.69, 9.17) is 11.6 Å². The highest BCUT2D eigenvalue weighted by molar-refractivity contribution is 6.16. The summed E-state index contributed by atoms with van der Waals surface area (Å²) in [7, 11) is 0. The van der Waals surface area contributed by atoms with Gasteiger partial charge in [-0.1, -0.05) is 12.1 Å². The highest BCUT2D eigenvalue weighted by Crippen LogP contribution is 2.10. The smallest absolute Gasteiger partial charge is 0.261 e. The number of nitrogens with zero attached hydrogens (tertiary/aromatic N) is 4. The predicted molar refractivity (Wildman–Crippen MR) is 76.7 cm³/mol. The molecule has 0 amide bonds. The van der Waals surface area contributed by atoms with Crippen LogP contribution in [0, 0.1) is 0 Å². The Morgan fingerprint density at radius 3 is 2.80 bits per heavy atom. The zero-order valence-corrected chi connectivity index (χ0v) is 11.3. The molecule has 0 bridgehead atoms. The largest absolute Gasteiger partial charge is 0.289 e. The SMILES string of the molecule is O=c1c2ccccc2nc(CCl)n1Cc1ccncn1. The average Bonchev–Trinajstić information content (AvgIpc) is 2.51. The van der Waals surface area contributed by atoms with Crippen LogP contribution < -0.4 is 5.56 Å². The van der Waals surface area contributed by atoms with Gasteiger partial charge in [0.2, 0.25) is 0 Å². The number of alkyl halides is 1. The molecule has 20 heavy (non-hydrogen) atoms. The van der Waals surface area contributed by atoms with Crippen molar-refractivity contribution in [3.8, 4) is 0 Å². The van der Waals surface area contributed by atoms with Crippen molar-refractivity contribution in [3.05, 3.63) is 64.7 Å². The van der Waals surface area contributed by atoms with Gasteiger partial charge in [-0.3, -0.25) is 9.36 Å². The van der Waals surface area contributed by atoms with Gasteiger partial charge in [0, 0.05) is 6.20 Å². The molecule has 0 unspecified atom stereocenters. The van der Waals surface area contributed by atoms with Gasteiger partial charge in [0.1, 0.15) is 12.2 Å². The Morgan fingerprint density at radius 2 is 2.05 bits per heavy atom. The Morgan fingerprint density at radius 1 is 1.20 bits per heavy atom. The number of para-hydroxylation sites is 1. The van der Waals surface area contributed by atoms with Gasteiger partial charge in [0.15, 0.2) is 0 Å². The molecule has 0 N–H and O–H groups in total. The van der Waals surface area contributed by atoms with E-state index in [1.54, 1.807) is 22.9 Å². The molecule has 3 aromatic rings. The van der Waals surface area contributed by atoms with E-state index in [0.29, 0.717) is 23.3 Å². The van der Waals surface area contributed by atoms with Gasteiger partial charge in [-0.05, 0) is 18.2 Å². The fourth-order valence-corrected chi connectivity index (χ4v) is 2.26. The van der Waals surface area contributed by atoms with E-state index in [-0.39, 0.29) is 11.4 Å². The first-order valence-electron chi connectivity index (χ1n) is 6.09. The minimum atomic E-state index is -0.107. The summed E-state index contributed by atoms with van der Waals surface area (Å²) >= 11 is 5.92. The van der Waals surface area contributed by atoms with Crippen molar-refractivity contribution in [2.24, 2.45) is 0 Å². The van der Waals surface area contributed by atoms with Crippen LogP contribution in [0.25, 0.3) is 10.9 Å². The summed E-state index contributed by atoms with van der Waals surface area (Å²) in [5, 5.41) is 0.579. The zero-order chi connectivity index (χ0) is 13.9. The second-order valence-corrected chi connectivity index (χ2v) is 4.54. The highest BCUT2D eigenvalue weighted by Gasteiger charge is 2.10. The van der Waals surface area contributed by atoms with Crippen molar-refractivity contribution in [2.45, 2.75) is 12.4 Å². The topological polar surface area (TPSA) is 60.7 Å². The van der Waals surface area contributed by atoms with Gasteiger partial charge >= 0.3 is 0 Å². The number of aromatic nitrogens is 4. The Hall–Kier alpha value is -2.27. The van der Waals surface area contributed by atoms with Crippen molar-refractivity contribution in [1.29, 1.82) is 0 Å². The third-order valence-electron chi connectivity index (χ3n) is 3.02. The Labute approximate surface area is 119 Å². The Kier molecular flexibility index (Phi) is 3.43. The summed E-state index contributed by atoms with van der Waals surface area (Å²) in [6.07, 6.45) is 3.09. The molecule has 100 valence electrons. The van der Waals surface area contributed by atoms with Crippen LogP contribution in [-0.2, 0) is 12.4 Å². The summed E-state index contributed by atoms with van der Waals surface area (Å²) in [6, 6.07) is 9.00. The van der Waals surface area contributed by atoms with Crippen LogP contribution in [0.15, 0.2) is 47.7 Å². The molecule has 0 aliphatic heterocycles. The Bertz CT molecular complexity index is 801. The molecule has 2 aromatic heterocycles. The van der Waals surface area contributed by atoms with Crippen LogP contribution in [0.1, 0.15) is 11.5 Å². The normalized spacial score (nSPS) is 10.8. The van der Waals surface area contributed by atoms with Crippen LogP contribution in [0.5, 0.6) is 0 Å². The van der Waals surface area contributed by atoms with E-state index in [1.807, 2.05) is 18.2 Å². The van der Waals surface area contributed by atoms with E-state index < -0.39 is 0 Å². The fourth-order valence-electron chi connectivity index (χ4n) is 2.05. The molecule has 0 spiro atoms. The lowest BCUT2D eigenvalue weighted by molar-refractivity contribution is 0.690. The molecule has 0 saturated carbocycles. The monoisotopic (exact) mass is 286 g/mol. The molecule has 6 heteroatoms. The lowest BCUT2D eigenvalue weighted by atomic mass is 10.2. The minimum Gasteiger partial charge on any atom is -0.289 e. The molecular formula is C14H11ClN4O. The van der Waals surface area contributed by atoms with Crippen LogP contribution in [0.3, 0.4) is 0 Å². The van der Waals surface area contributed by atoms with Crippen LogP contribution in [0.2, 0.25) is 0 Å². The molecule has 0 fully saturated rings. The van der Waals surface area contributed by atoms with E-state index in [0.717, 1.165) is 5.69 Å². The van der Waals surface area contributed by atoms with Gasteiger partial charge in [-0.25, -0.2) is 15.0 Å². The van der Waals surface area contributed by atoms with E-state index in [1.165, 1.54) is 6.33 Å². The third kappa shape index (κ3) is 2.28. The van der Waals surface area contributed by atoms with E-state index in [2.05, 4.69) is 15.0 Å². The number of hydrogen-bond donors (Lipinski definition) is 0. The van der Waals surface area contributed by atoms with Crippen molar-refractivity contribution in [2.75, 3.05) is 0 Å². The minimum absolute atomic E-state index is 0.107. The number of halogens is 1. The van der Waals surface area contributed by atoms with Gasteiger partial charge < -0.3 is 0 Å². The van der Waals surface area contributed by atoms with Crippen molar-refractivity contribution < 1.29 is 0 Å². The van der Waals surface area contributed by atoms with E-state index in [9.17, 15) is 4.79 Å². The lowest BCUT2D eigenvalue weighted by Gasteiger charge is -2.11. The maximum atomic E-state index is 12.5. The van der Waals surface area contributed by atoms with Gasteiger partial charge in [0.05, 0.1) is 29.0 Å². The molecule has 0 aliphatic carbocycles. The van der Waals surface area contributed by atoms with Gasteiger partial charge in [-0.2, -0.15) is 0 Å². The average molecular weight is 287 g/mol. The molecule has 0 aliphatic rings. The summed E-state index contributed by atoms with van der Waals surface area (Å²) in [6.45, 7) is 0.335. The van der Waals surface area contributed by atoms with Crippen molar-refractivity contribution in [1.82, 2.24) is 19.5 Å². The first-order valence-corrected chi connectivity index (χ1v) is 6.62. The maximum Gasteiger partial charge on any atom is 0.261 e. The maximum absolute atomic E-state index is 12.5. The summed E-state index contributed by atoms with van der Waals surface area (Å²) in [5.41, 5.74) is 1.29. The second kappa shape index (κ2) is 5.38. The zero-order valence-electron chi connectivity index (χ0n) is 10.5. The predicted octanol–water partition coefficient (Wildman–Crippen LogP) is 1.97. The lowest BCUT2D eigenvalue weighted by Crippen LogP contribution is -2.25. The number of rotatable bonds is 3. The molecule has 2 heterocycles. The molecule has 3 rings (SSSR count). The van der Waals surface area contributed by atoms with Crippen LogP contribution in [0.4, 0.5) is 0 Å². The molecule has 1 aromatic carbocycles. The molecule has 0 saturated heterocycles.